The van der Waals surface area contributed by atoms with E-state index in [0.717, 1.165) is 5.76 Å². The summed E-state index contributed by atoms with van der Waals surface area (Å²) < 4.78 is 11.4. The molecular weight excluding hydrogens is 298 g/mol. The summed E-state index contributed by atoms with van der Waals surface area (Å²) in [5, 5.41) is 2.65. The number of morpholine rings is 1. The van der Waals surface area contributed by atoms with Gasteiger partial charge in [0.05, 0.1) is 25.3 Å². The second-order valence-electron chi connectivity index (χ2n) is 6.53. The molecule has 2 amide bonds. The molecule has 0 unspecified atom stereocenters. The summed E-state index contributed by atoms with van der Waals surface area (Å²) in [6, 6.07) is 1.51. The minimum Gasteiger partial charge on any atom is -0.466 e. The lowest BCUT2D eigenvalue weighted by atomic mass is 9.90. The average molecular weight is 321 g/mol. The molecule has 0 radical (unpaired) electrons. The van der Waals surface area contributed by atoms with E-state index in [-0.39, 0.29) is 23.5 Å². The Morgan fingerprint density at radius 1 is 1.30 bits per heavy atom. The first kappa shape index (κ1) is 16.0. The number of ether oxygens (including phenoxy) is 1. The Kier molecular flexibility index (Phi) is 3.93. The first-order valence-corrected chi connectivity index (χ1v) is 7.77. The predicted molar refractivity (Wildman–Crippen MR) is 83.3 cm³/mol. The second kappa shape index (κ2) is 5.65. The molecule has 126 valence electrons. The molecule has 1 aromatic rings. The van der Waals surface area contributed by atoms with Crippen molar-refractivity contribution in [3.63, 3.8) is 0 Å². The SMILES string of the molecule is CNC(=O)[C@@H]1COC2(CN(C(=O)c3cc(C)oc3C)C2)CN1C. The van der Waals surface area contributed by atoms with Crippen LogP contribution in [0.1, 0.15) is 21.9 Å². The van der Waals surface area contributed by atoms with Crippen LogP contribution in [0.3, 0.4) is 0 Å². The summed E-state index contributed by atoms with van der Waals surface area (Å²) in [6.07, 6.45) is 0. The van der Waals surface area contributed by atoms with E-state index in [0.29, 0.717) is 37.6 Å². The van der Waals surface area contributed by atoms with Gasteiger partial charge in [0.15, 0.2) is 0 Å². The molecule has 1 aromatic heterocycles. The number of aryl methyl sites for hydroxylation is 2. The number of hydrogen-bond donors (Lipinski definition) is 1. The third-order valence-electron chi connectivity index (χ3n) is 4.68. The zero-order valence-corrected chi connectivity index (χ0v) is 14.0. The van der Waals surface area contributed by atoms with Gasteiger partial charge in [-0.25, -0.2) is 0 Å². The molecule has 7 heteroatoms. The van der Waals surface area contributed by atoms with E-state index in [1.165, 1.54) is 0 Å². The van der Waals surface area contributed by atoms with Crippen LogP contribution in [0, 0.1) is 13.8 Å². The van der Waals surface area contributed by atoms with E-state index in [4.69, 9.17) is 9.15 Å². The van der Waals surface area contributed by atoms with Crippen LogP contribution in [0.5, 0.6) is 0 Å². The van der Waals surface area contributed by atoms with E-state index >= 15 is 0 Å². The molecule has 2 aliphatic rings. The summed E-state index contributed by atoms with van der Waals surface area (Å²) in [4.78, 5) is 28.1. The molecule has 2 aliphatic heterocycles. The van der Waals surface area contributed by atoms with Crippen LogP contribution in [0.2, 0.25) is 0 Å². The van der Waals surface area contributed by atoms with Crippen LogP contribution in [-0.4, -0.2) is 73.6 Å². The molecule has 2 fully saturated rings. The third kappa shape index (κ3) is 2.74. The van der Waals surface area contributed by atoms with Gasteiger partial charge in [-0.05, 0) is 27.0 Å². The van der Waals surface area contributed by atoms with Gasteiger partial charge in [-0.1, -0.05) is 0 Å². The largest absolute Gasteiger partial charge is 0.466 e. The fraction of sp³-hybridized carbons (Fsp3) is 0.625. The number of nitrogens with one attached hydrogen (secondary N) is 1. The number of nitrogens with zero attached hydrogens (tertiary/aromatic N) is 2. The van der Waals surface area contributed by atoms with Crippen LogP contribution >= 0.6 is 0 Å². The molecule has 1 spiro atoms. The fourth-order valence-corrected chi connectivity index (χ4v) is 3.43. The number of furan rings is 1. The van der Waals surface area contributed by atoms with Gasteiger partial charge in [0.2, 0.25) is 5.91 Å². The molecule has 0 aliphatic carbocycles. The molecule has 0 saturated carbocycles. The number of likely N-dealkylation sites (tertiary alicyclic amines) is 1. The Hall–Kier alpha value is -1.86. The van der Waals surface area contributed by atoms with Gasteiger partial charge in [0.1, 0.15) is 23.2 Å². The van der Waals surface area contributed by atoms with Crippen LogP contribution < -0.4 is 5.32 Å². The predicted octanol–water partition coefficient (Wildman–Crippen LogP) is 0.168. The minimum absolute atomic E-state index is 0.0235. The smallest absolute Gasteiger partial charge is 0.257 e. The zero-order valence-electron chi connectivity index (χ0n) is 14.0. The molecular formula is C16H23N3O4. The normalized spacial score (nSPS) is 23.7. The van der Waals surface area contributed by atoms with Gasteiger partial charge in [0, 0.05) is 13.6 Å². The molecule has 3 heterocycles. The van der Waals surface area contributed by atoms with Gasteiger partial charge < -0.3 is 19.4 Å². The Balaban J connectivity index is 1.62. The fourth-order valence-electron chi connectivity index (χ4n) is 3.43. The summed E-state index contributed by atoms with van der Waals surface area (Å²) in [7, 11) is 3.54. The Bertz CT molecular complexity index is 633. The van der Waals surface area contributed by atoms with Crippen molar-refractivity contribution in [1.29, 1.82) is 0 Å². The molecule has 23 heavy (non-hydrogen) atoms. The lowest BCUT2D eigenvalue weighted by Gasteiger charge is -2.54. The standard InChI is InChI=1S/C16H23N3O4/c1-10-5-12(11(2)23-10)15(21)19-8-16(9-19)7-18(4)13(6-22-16)14(20)17-3/h5,13H,6-9H2,1-4H3,(H,17,20)/t13-/m0/s1. The maximum absolute atomic E-state index is 12.5. The summed E-state index contributed by atoms with van der Waals surface area (Å²) in [5.74, 6) is 1.32. The number of carbonyl (C=O) groups excluding carboxylic acids is 2. The Morgan fingerprint density at radius 3 is 2.52 bits per heavy atom. The van der Waals surface area contributed by atoms with Crippen LogP contribution in [0.15, 0.2) is 10.5 Å². The first-order chi connectivity index (χ1) is 10.8. The van der Waals surface area contributed by atoms with Crippen molar-refractivity contribution in [3.8, 4) is 0 Å². The van der Waals surface area contributed by atoms with E-state index in [1.54, 1.807) is 24.9 Å². The first-order valence-electron chi connectivity index (χ1n) is 7.77. The summed E-state index contributed by atoms with van der Waals surface area (Å²) in [5.41, 5.74) is 0.256. The van der Waals surface area contributed by atoms with Crippen molar-refractivity contribution in [2.45, 2.75) is 25.5 Å². The van der Waals surface area contributed by atoms with Crippen molar-refractivity contribution < 1.29 is 18.7 Å². The molecule has 0 aromatic carbocycles. The summed E-state index contributed by atoms with van der Waals surface area (Å²) >= 11 is 0. The number of amides is 2. The topological polar surface area (TPSA) is 75.0 Å². The maximum Gasteiger partial charge on any atom is 0.257 e. The highest BCUT2D eigenvalue weighted by molar-refractivity contribution is 5.96. The lowest BCUT2D eigenvalue weighted by molar-refractivity contribution is -0.187. The van der Waals surface area contributed by atoms with Crippen LogP contribution in [-0.2, 0) is 9.53 Å². The van der Waals surface area contributed by atoms with Gasteiger partial charge >= 0.3 is 0 Å². The average Bonchev–Trinajstić information content (AvgIpc) is 2.81. The van der Waals surface area contributed by atoms with Crippen molar-refractivity contribution in [2.24, 2.45) is 0 Å². The highest BCUT2D eigenvalue weighted by Gasteiger charge is 2.51. The highest BCUT2D eigenvalue weighted by Crippen LogP contribution is 2.32. The number of likely N-dealkylation sites (N-methyl/N-ethyl adjacent to an activating group) is 2. The monoisotopic (exact) mass is 321 g/mol. The molecule has 2 saturated heterocycles. The van der Waals surface area contributed by atoms with Gasteiger partial charge in [-0.2, -0.15) is 0 Å². The Morgan fingerprint density at radius 2 is 2.00 bits per heavy atom. The molecule has 0 bridgehead atoms. The summed E-state index contributed by atoms with van der Waals surface area (Å²) in [6.45, 7) is 5.70. The van der Waals surface area contributed by atoms with Crippen molar-refractivity contribution >= 4 is 11.8 Å². The molecule has 1 atom stereocenters. The van der Waals surface area contributed by atoms with Gasteiger partial charge in [-0.15, -0.1) is 0 Å². The van der Waals surface area contributed by atoms with Crippen molar-refractivity contribution in [1.82, 2.24) is 15.1 Å². The minimum atomic E-state index is -0.360. The number of carbonyl (C=O) groups is 2. The Labute approximate surface area is 135 Å². The van der Waals surface area contributed by atoms with Gasteiger partial charge in [0.25, 0.3) is 5.91 Å². The number of hydrogen-bond acceptors (Lipinski definition) is 5. The van der Waals surface area contributed by atoms with E-state index in [2.05, 4.69) is 5.32 Å². The molecule has 7 nitrogen and oxygen atoms in total. The molecule has 3 rings (SSSR count). The number of rotatable bonds is 2. The molecule has 1 N–H and O–H groups in total. The maximum atomic E-state index is 12.5. The third-order valence-corrected chi connectivity index (χ3v) is 4.68. The highest BCUT2D eigenvalue weighted by atomic mass is 16.5. The van der Waals surface area contributed by atoms with Crippen LogP contribution in [0.4, 0.5) is 0 Å². The van der Waals surface area contributed by atoms with E-state index in [9.17, 15) is 9.59 Å². The lowest BCUT2D eigenvalue weighted by Crippen LogP contribution is -2.73. The van der Waals surface area contributed by atoms with Gasteiger partial charge in [-0.3, -0.25) is 14.5 Å². The van der Waals surface area contributed by atoms with Crippen molar-refractivity contribution in [3.05, 3.63) is 23.2 Å². The van der Waals surface area contributed by atoms with Crippen LogP contribution in [0.25, 0.3) is 0 Å². The van der Waals surface area contributed by atoms with Crippen molar-refractivity contribution in [2.75, 3.05) is 40.3 Å². The van der Waals surface area contributed by atoms with E-state index < -0.39 is 0 Å². The second-order valence-corrected chi connectivity index (χ2v) is 6.53. The zero-order chi connectivity index (χ0) is 16.8. The quantitative estimate of drug-likeness (QED) is 0.840. The van der Waals surface area contributed by atoms with E-state index in [1.807, 2.05) is 18.9 Å².